The van der Waals surface area contributed by atoms with E-state index in [-0.39, 0.29) is 0 Å². The summed E-state index contributed by atoms with van der Waals surface area (Å²) in [5.41, 5.74) is 0. The van der Waals surface area contributed by atoms with E-state index >= 15 is 0 Å². The molecule has 0 amide bonds. The van der Waals surface area contributed by atoms with E-state index < -0.39 is 0 Å². The fraction of sp³-hybridized carbons (Fsp3) is 0.300. The van der Waals surface area contributed by atoms with E-state index in [1.807, 2.05) is 19.1 Å². The van der Waals surface area contributed by atoms with E-state index in [1.165, 1.54) is 11.3 Å². The lowest BCUT2D eigenvalue weighted by molar-refractivity contribution is 0.335. The predicted octanol–water partition coefficient (Wildman–Crippen LogP) is 3.28. The summed E-state index contributed by atoms with van der Waals surface area (Å²) in [6.07, 6.45) is 1.72. The van der Waals surface area contributed by atoms with Crippen LogP contribution in [0.1, 0.15) is 11.9 Å². The molecule has 0 aliphatic rings. The molecule has 2 heterocycles. The molecule has 0 aliphatic heterocycles. The molecule has 0 aliphatic carbocycles. The van der Waals surface area contributed by atoms with Crippen molar-refractivity contribution in [3.63, 3.8) is 0 Å². The van der Waals surface area contributed by atoms with Gasteiger partial charge in [-0.1, -0.05) is 34.7 Å². The minimum absolute atomic E-state index is 0.605. The molecule has 0 bridgehead atoms. The van der Waals surface area contributed by atoms with Crippen LogP contribution in [0.3, 0.4) is 0 Å². The second kappa shape index (κ2) is 6.18. The number of thioether (sulfide) groups is 1. The van der Waals surface area contributed by atoms with Gasteiger partial charge in [0.05, 0.1) is 17.4 Å². The Labute approximate surface area is 112 Å². The van der Waals surface area contributed by atoms with Crippen LogP contribution in [0.15, 0.2) is 23.4 Å². The number of hydrogen-bond donors (Lipinski definition) is 0. The van der Waals surface area contributed by atoms with Crippen molar-refractivity contribution in [3.8, 4) is 5.19 Å². The summed E-state index contributed by atoms with van der Waals surface area (Å²) in [7, 11) is 0. The molecule has 0 atom stereocenters. The highest BCUT2D eigenvalue weighted by Gasteiger charge is 2.07. The molecule has 90 valence electrons. The Hall–Kier alpha value is -0.850. The van der Waals surface area contributed by atoms with E-state index in [2.05, 4.69) is 15.2 Å². The number of rotatable bonds is 5. The summed E-state index contributed by atoms with van der Waals surface area (Å²) in [5, 5.41) is 10.9. The zero-order chi connectivity index (χ0) is 12.1. The molecular formula is C10H10ClN3OS2. The minimum atomic E-state index is 0.605. The van der Waals surface area contributed by atoms with Crippen LogP contribution in [0.5, 0.6) is 5.19 Å². The Kier molecular flexibility index (Phi) is 4.58. The lowest BCUT2D eigenvalue weighted by atomic mass is 10.5. The number of ether oxygens (including phenoxy) is 1. The van der Waals surface area contributed by atoms with Gasteiger partial charge in [-0.25, -0.2) is 4.98 Å². The lowest BCUT2D eigenvalue weighted by Crippen LogP contribution is -1.89. The number of pyridine rings is 1. The van der Waals surface area contributed by atoms with Crippen molar-refractivity contribution in [1.82, 2.24) is 15.2 Å². The first-order valence-corrected chi connectivity index (χ1v) is 7.16. The van der Waals surface area contributed by atoms with Crippen LogP contribution in [0, 0.1) is 0 Å². The molecule has 0 aromatic carbocycles. The maximum Gasteiger partial charge on any atom is 0.294 e. The van der Waals surface area contributed by atoms with E-state index in [4.69, 9.17) is 16.3 Å². The molecule has 2 rings (SSSR count). The summed E-state index contributed by atoms with van der Waals surface area (Å²) >= 11 is 8.99. The van der Waals surface area contributed by atoms with Crippen LogP contribution in [0.2, 0.25) is 5.02 Å². The van der Waals surface area contributed by atoms with Crippen molar-refractivity contribution in [2.45, 2.75) is 17.7 Å². The SMILES string of the molecule is CCOc1nnc(CSc2ncccc2Cl)s1. The van der Waals surface area contributed by atoms with Gasteiger partial charge < -0.3 is 4.74 Å². The second-order valence-corrected chi connectivity index (χ2v) is 5.37. The average Bonchev–Trinajstić information content (AvgIpc) is 2.76. The van der Waals surface area contributed by atoms with Crippen LogP contribution in [0.4, 0.5) is 0 Å². The third-order valence-corrected chi connectivity index (χ3v) is 4.23. The largest absolute Gasteiger partial charge is 0.469 e. The third-order valence-electron chi connectivity index (χ3n) is 1.77. The van der Waals surface area contributed by atoms with E-state index in [0.717, 1.165) is 10.0 Å². The number of halogens is 1. The number of nitrogens with zero attached hydrogens (tertiary/aromatic N) is 3. The summed E-state index contributed by atoms with van der Waals surface area (Å²) in [4.78, 5) is 4.19. The fourth-order valence-electron chi connectivity index (χ4n) is 1.09. The maximum atomic E-state index is 6.00. The van der Waals surface area contributed by atoms with Crippen LogP contribution in [0.25, 0.3) is 0 Å². The van der Waals surface area contributed by atoms with Crippen LogP contribution in [-0.2, 0) is 5.75 Å². The zero-order valence-electron chi connectivity index (χ0n) is 9.09. The summed E-state index contributed by atoms with van der Waals surface area (Å²) in [5.74, 6) is 0.696. The average molecular weight is 288 g/mol. The van der Waals surface area contributed by atoms with Gasteiger partial charge in [-0.05, 0) is 19.1 Å². The Morgan fingerprint density at radius 2 is 2.35 bits per heavy atom. The molecule has 0 N–H and O–H groups in total. The van der Waals surface area contributed by atoms with Crippen molar-refractivity contribution >= 4 is 34.7 Å². The zero-order valence-corrected chi connectivity index (χ0v) is 11.5. The van der Waals surface area contributed by atoms with Crippen molar-refractivity contribution in [1.29, 1.82) is 0 Å². The number of hydrogen-bond acceptors (Lipinski definition) is 6. The first-order chi connectivity index (χ1) is 8.29. The van der Waals surface area contributed by atoms with Crippen LogP contribution < -0.4 is 4.74 Å². The molecule has 2 aromatic heterocycles. The molecule has 0 spiro atoms. The maximum absolute atomic E-state index is 6.00. The Bertz CT molecular complexity index is 492. The van der Waals surface area contributed by atoms with Gasteiger partial charge in [0, 0.05) is 6.20 Å². The van der Waals surface area contributed by atoms with Gasteiger partial charge in [0.15, 0.2) is 0 Å². The third kappa shape index (κ3) is 3.55. The fourth-order valence-corrected chi connectivity index (χ4v) is 2.98. The monoisotopic (exact) mass is 287 g/mol. The molecule has 17 heavy (non-hydrogen) atoms. The van der Waals surface area contributed by atoms with Gasteiger partial charge in [-0.2, -0.15) is 0 Å². The van der Waals surface area contributed by atoms with Crippen molar-refractivity contribution in [2.24, 2.45) is 0 Å². The Morgan fingerprint density at radius 1 is 1.47 bits per heavy atom. The summed E-state index contributed by atoms with van der Waals surface area (Å²) in [6.45, 7) is 2.53. The first kappa shape index (κ1) is 12.6. The van der Waals surface area contributed by atoms with Crippen LogP contribution in [-0.4, -0.2) is 21.8 Å². The van der Waals surface area contributed by atoms with E-state index in [9.17, 15) is 0 Å². The summed E-state index contributed by atoms with van der Waals surface area (Å²) < 4.78 is 5.26. The van der Waals surface area contributed by atoms with Gasteiger partial charge >= 0.3 is 0 Å². The second-order valence-electron chi connectivity index (χ2n) is 2.97. The van der Waals surface area contributed by atoms with Gasteiger partial charge in [0.2, 0.25) is 0 Å². The minimum Gasteiger partial charge on any atom is -0.469 e. The van der Waals surface area contributed by atoms with Crippen molar-refractivity contribution in [3.05, 3.63) is 28.4 Å². The highest BCUT2D eigenvalue weighted by Crippen LogP contribution is 2.29. The summed E-state index contributed by atoms with van der Waals surface area (Å²) in [6, 6.07) is 3.63. The van der Waals surface area contributed by atoms with Gasteiger partial charge in [-0.3, -0.25) is 0 Å². The normalized spacial score (nSPS) is 10.5. The molecule has 0 saturated heterocycles. The van der Waals surface area contributed by atoms with E-state index in [1.54, 1.807) is 18.0 Å². The number of aromatic nitrogens is 3. The van der Waals surface area contributed by atoms with Crippen molar-refractivity contribution < 1.29 is 4.74 Å². The molecule has 4 nitrogen and oxygen atoms in total. The standard InChI is InChI=1S/C10H10ClN3OS2/c1-2-15-10-14-13-8(17-10)6-16-9-7(11)4-3-5-12-9/h3-5H,2,6H2,1H3. The highest BCUT2D eigenvalue weighted by molar-refractivity contribution is 7.98. The molecule has 0 fully saturated rings. The first-order valence-electron chi connectivity index (χ1n) is 4.98. The van der Waals surface area contributed by atoms with Crippen LogP contribution >= 0.6 is 34.7 Å². The smallest absolute Gasteiger partial charge is 0.294 e. The highest BCUT2D eigenvalue weighted by atomic mass is 35.5. The molecular weight excluding hydrogens is 278 g/mol. The van der Waals surface area contributed by atoms with Gasteiger partial charge in [-0.15, -0.1) is 10.2 Å². The Morgan fingerprint density at radius 3 is 3.12 bits per heavy atom. The van der Waals surface area contributed by atoms with Gasteiger partial charge in [0.1, 0.15) is 10.0 Å². The lowest BCUT2D eigenvalue weighted by Gasteiger charge is -1.99. The molecule has 0 saturated carbocycles. The topological polar surface area (TPSA) is 47.9 Å². The quantitative estimate of drug-likeness (QED) is 0.790. The molecule has 0 radical (unpaired) electrons. The molecule has 2 aromatic rings. The Balaban J connectivity index is 1.95. The molecule has 7 heteroatoms. The predicted molar refractivity (Wildman–Crippen MR) is 69.9 cm³/mol. The van der Waals surface area contributed by atoms with Gasteiger partial charge in [0.25, 0.3) is 5.19 Å². The van der Waals surface area contributed by atoms with E-state index in [0.29, 0.717) is 22.6 Å². The molecule has 0 unspecified atom stereocenters. The van der Waals surface area contributed by atoms with Crippen molar-refractivity contribution in [2.75, 3.05) is 6.61 Å².